The molecular weight excluding hydrogens is 368 g/mol. The monoisotopic (exact) mass is 390 g/mol. The molecule has 3 heterocycles. The fraction of sp³-hybridized carbons (Fsp3) is 0.261. The number of fused-ring (bicyclic) bond motifs is 3. The number of hydrogen-bond donors (Lipinski definition) is 1. The second-order valence-electron chi connectivity index (χ2n) is 7.39. The van der Waals surface area contributed by atoms with E-state index in [9.17, 15) is 5.11 Å². The third kappa shape index (κ3) is 3.09. The van der Waals surface area contributed by atoms with E-state index in [-0.39, 0.29) is 0 Å². The Morgan fingerprint density at radius 3 is 2.71 bits per heavy atom. The number of hydrogen-bond acceptors (Lipinski definition) is 4. The highest BCUT2D eigenvalue weighted by molar-refractivity contribution is 7.99. The highest BCUT2D eigenvalue weighted by Gasteiger charge is 2.31. The first-order valence-electron chi connectivity index (χ1n) is 9.58. The lowest BCUT2D eigenvalue weighted by Gasteiger charge is -2.32. The van der Waals surface area contributed by atoms with Crippen molar-refractivity contribution in [2.45, 2.75) is 35.2 Å². The highest BCUT2D eigenvalue weighted by atomic mass is 32.2. The molecule has 1 N–H and O–H groups in total. The molecule has 142 valence electrons. The summed E-state index contributed by atoms with van der Waals surface area (Å²) in [5, 5.41) is 12.2. The zero-order valence-corrected chi connectivity index (χ0v) is 16.6. The predicted molar refractivity (Wildman–Crippen MR) is 112 cm³/mol. The van der Waals surface area contributed by atoms with Crippen LogP contribution in [-0.4, -0.2) is 27.7 Å². The van der Waals surface area contributed by atoms with E-state index in [1.165, 1.54) is 15.8 Å². The summed E-state index contributed by atoms with van der Waals surface area (Å²) in [5.41, 5.74) is 2.49. The molecule has 5 rings (SSSR count). The second kappa shape index (κ2) is 6.92. The van der Waals surface area contributed by atoms with Crippen LogP contribution < -0.4 is 0 Å². The van der Waals surface area contributed by atoms with Gasteiger partial charge in [-0.05, 0) is 54.3 Å². The van der Waals surface area contributed by atoms with Gasteiger partial charge in [0.15, 0.2) is 0 Å². The number of aliphatic hydroxyl groups is 1. The predicted octanol–water partition coefficient (Wildman–Crippen LogP) is 4.95. The summed E-state index contributed by atoms with van der Waals surface area (Å²) in [6, 6.07) is 19.1. The van der Waals surface area contributed by atoms with Gasteiger partial charge in [0.05, 0.1) is 22.8 Å². The molecule has 1 aliphatic heterocycles. The molecule has 0 atom stereocenters. The van der Waals surface area contributed by atoms with E-state index in [1.54, 1.807) is 11.8 Å². The summed E-state index contributed by atoms with van der Waals surface area (Å²) >= 11 is 1.72. The van der Waals surface area contributed by atoms with Crippen LogP contribution in [-0.2, 0) is 10.3 Å². The van der Waals surface area contributed by atoms with Gasteiger partial charge in [-0.15, -0.1) is 0 Å². The molecule has 0 spiro atoms. The molecule has 1 aliphatic rings. The Bertz CT molecular complexity index is 1160. The van der Waals surface area contributed by atoms with Gasteiger partial charge in [-0.25, -0.2) is 4.98 Å². The van der Waals surface area contributed by atoms with Crippen LogP contribution >= 0.6 is 11.8 Å². The summed E-state index contributed by atoms with van der Waals surface area (Å²) in [4.78, 5) is 6.74. The Morgan fingerprint density at radius 2 is 1.86 bits per heavy atom. The minimum absolute atomic E-state index is 0.612. The van der Waals surface area contributed by atoms with Gasteiger partial charge in [0.25, 0.3) is 0 Å². The molecule has 0 aliphatic carbocycles. The summed E-state index contributed by atoms with van der Waals surface area (Å²) in [5.74, 6) is 0.999. The van der Waals surface area contributed by atoms with Crippen LogP contribution in [0.1, 0.15) is 24.2 Å². The van der Waals surface area contributed by atoms with E-state index in [2.05, 4.69) is 51.8 Å². The lowest BCUT2D eigenvalue weighted by Crippen LogP contribution is -2.33. The van der Waals surface area contributed by atoms with Gasteiger partial charge < -0.3 is 9.84 Å². The van der Waals surface area contributed by atoms with Gasteiger partial charge in [0.2, 0.25) is 0 Å². The van der Waals surface area contributed by atoms with Gasteiger partial charge in [-0.3, -0.25) is 4.40 Å². The molecule has 0 radical (unpaired) electrons. The van der Waals surface area contributed by atoms with Crippen molar-refractivity contribution in [3.63, 3.8) is 0 Å². The zero-order valence-electron chi connectivity index (χ0n) is 15.8. The molecule has 4 aromatic rings. The maximum absolute atomic E-state index is 11.0. The van der Waals surface area contributed by atoms with Crippen LogP contribution in [0.3, 0.4) is 0 Å². The van der Waals surface area contributed by atoms with Crippen molar-refractivity contribution in [2.75, 3.05) is 13.2 Å². The summed E-state index contributed by atoms with van der Waals surface area (Å²) < 4.78 is 7.60. The Labute approximate surface area is 168 Å². The fourth-order valence-corrected chi connectivity index (χ4v) is 4.91. The Hall–Kier alpha value is -2.34. The quantitative estimate of drug-likeness (QED) is 0.538. The largest absolute Gasteiger partial charge is 0.385 e. The number of rotatable bonds is 3. The van der Waals surface area contributed by atoms with Gasteiger partial charge in [0.1, 0.15) is 5.82 Å². The molecule has 0 bridgehead atoms. The van der Waals surface area contributed by atoms with Crippen LogP contribution in [0.25, 0.3) is 16.4 Å². The van der Waals surface area contributed by atoms with Gasteiger partial charge in [0, 0.05) is 35.8 Å². The zero-order chi connectivity index (χ0) is 19.1. The van der Waals surface area contributed by atoms with Crippen molar-refractivity contribution in [2.24, 2.45) is 0 Å². The summed E-state index contributed by atoms with van der Waals surface area (Å²) in [6.45, 7) is 3.25. The second-order valence-corrected chi connectivity index (χ2v) is 8.54. The maximum atomic E-state index is 11.0. The number of aryl methyl sites for hydroxylation is 1. The van der Waals surface area contributed by atoms with Crippen molar-refractivity contribution < 1.29 is 9.84 Å². The molecule has 0 saturated carbocycles. The summed E-state index contributed by atoms with van der Waals surface area (Å²) in [6.07, 6.45) is 3.21. The van der Waals surface area contributed by atoms with Gasteiger partial charge in [-0.2, -0.15) is 0 Å². The molecule has 5 heteroatoms. The first kappa shape index (κ1) is 17.7. The van der Waals surface area contributed by atoms with Crippen molar-refractivity contribution in [3.8, 4) is 0 Å². The topological polar surface area (TPSA) is 46.8 Å². The third-order valence-electron chi connectivity index (χ3n) is 5.57. The average molecular weight is 391 g/mol. The number of aromatic nitrogens is 2. The molecule has 0 unspecified atom stereocenters. The highest BCUT2D eigenvalue weighted by Crippen LogP contribution is 2.36. The average Bonchev–Trinajstić information content (AvgIpc) is 3.10. The molecular formula is C23H22N2O2S. The van der Waals surface area contributed by atoms with Crippen LogP contribution in [0.2, 0.25) is 0 Å². The number of ether oxygens (including phenoxy) is 1. The first-order valence-corrected chi connectivity index (χ1v) is 10.4. The number of pyridine rings is 1. The molecule has 4 nitrogen and oxygen atoms in total. The van der Waals surface area contributed by atoms with Crippen molar-refractivity contribution in [1.82, 2.24) is 9.38 Å². The van der Waals surface area contributed by atoms with Gasteiger partial charge in [-0.1, -0.05) is 30.0 Å². The molecule has 28 heavy (non-hydrogen) atoms. The Balaban J connectivity index is 1.47. The van der Waals surface area contributed by atoms with E-state index < -0.39 is 5.60 Å². The third-order valence-corrected chi connectivity index (χ3v) is 6.55. The van der Waals surface area contributed by atoms with Crippen LogP contribution in [0.5, 0.6) is 0 Å². The lowest BCUT2D eigenvalue weighted by atomic mass is 9.87. The van der Waals surface area contributed by atoms with Crippen molar-refractivity contribution >= 4 is 28.2 Å². The van der Waals surface area contributed by atoms with Gasteiger partial charge >= 0.3 is 0 Å². The van der Waals surface area contributed by atoms with E-state index in [0.717, 1.165) is 21.8 Å². The number of benzene rings is 2. The Kier molecular flexibility index (Phi) is 4.38. The minimum Gasteiger partial charge on any atom is -0.385 e. The van der Waals surface area contributed by atoms with Crippen LogP contribution in [0.15, 0.2) is 70.6 Å². The molecule has 2 aromatic heterocycles. The standard InChI is InChI=1S/C23H22N2O2S/c1-16-24-15-19-6-5-17-13-21(7-8-22(17)25(16)19)28-20-4-2-3-18(14-20)23(26)9-11-27-12-10-23/h2-8,13-15,26H,9-12H2,1H3. The molecule has 1 saturated heterocycles. The normalized spacial score (nSPS) is 16.6. The molecule has 1 fully saturated rings. The van der Waals surface area contributed by atoms with E-state index in [4.69, 9.17) is 4.74 Å². The Morgan fingerprint density at radius 1 is 1.04 bits per heavy atom. The fourth-order valence-electron chi connectivity index (χ4n) is 3.98. The molecule has 2 aromatic carbocycles. The SMILES string of the molecule is Cc1ncc2ccc3cc(Sc4cccc(C5(O)CCOCC5)c4)ccc3n12. The van der Waals surface area contributed by atoms with Crippen LogP contribution in [0.4, 0.5) is 0 Å². The maximum Gasteiger partial charge on any atom is 0.110 e. The van der Waals surface area contributed by atoms with E-state index in [1.807, 2.05) is 25.3 Å². The van der Waals surface area contributed by atoms with Crippen LogP contribution in [0, 0.1) is 6.92 Å². The molecule has 0 amide bonds. The van der Waals surface area contributed by atoms with E-state index in [0.29, 0.717) is 26.1 Å². The lowest BCUT2D eigenvalue weighted by molar-refractivity contribution is -0.0680. The number of imidazole rings is 1. The smallest absolute Gasteiger partial charge is 0.110 e. The van der Waals surface area contributed by atoms with Crippen molar-refractivity contribution in [3.05, 3.63) is 72.2 Å². The van der Waals surface area contributed by atoms with Crippen molar-refractivity contribution in [1.29, 1.82) is 0 Å². The number of nitrogens with zero attached hydrogens (tertiary/aromatic N) is 2. The minimum atomic E-state index is -0.775. The van der Waals surface area contributed by atoms with E-state index >= 15 is 0 Å². The summed E-state index contributed by atoms with van der Waals surface area (Å²) in [7, 11) is 0. The first-order chi connectivity index (χ1) is 13.6.